The standard InChI is InChI=1S/C27H22N2O3/c1-2-28-25(30)15-11-13-16(14-12-15)29-26(31)23-21-17-7-3-4-8-18(17)22(24(23)27(29)32)20-10-6-5-9-19(20)21/h3-14,21-24H,2H2,1H3,(H,28,30)/t21?,22?,23-,24-/m0/s1. The number of hydrogen-bond donors (Lipinski definition) is 1. The van der Waals surface area contributed by atoms with Crippen molar-refractivity contribution in [1.29, 1.82) is 0 Å². The summed E-state index contributed by atoms with van der Waals surface area (Å²) in [4.78, 5) is 40.9. The van der Waals surface area contributed by atoms with E-state index in [9.17, 15) is 14.4 Å². The van der Waals surface area contributed by atoms with Crippen molar-refractivity contribution in [3.63, 3.8) is 0 Å². The van der Waals surface area contributed by atoms with Crippen LogP contribution in [-0.4, -0.2) is 24.3 Å². The number of nitrogens with zero attached hydrogens (tertiary/aromatic N) is 1. The predicted molar refractivity (Wildman–Crippen MR) is 120 cm³/mol. The molecule has 2 atom stereocenters. The molecule has 3 aliphatic carbocycles. The Morgan fingerprint density at radius 2 is 1.19 bits per heavy atom. The number of imide groups is 1. The average Bonchev–Trinajstić information content (AvgIpc) is 3.10. The van der Waals surface area contributed by atoms with Gasteiger partial charge in [0.2, 0.25) is 11.8 Å². The van der Waals surface area contributed by atoms with Gasteiger partial charge in [0.1, 0.15) is 0 Å². The lowest BCUT2D eigenvalue weighted by Gasteiger charge is -2.45. The van der Waals surface area contributed by atoms with E-state index < -0.39 is 11.8 Å². The normalized spacial score (nSPS) is 24.7. The molecule has 1 N–H and O–H groups in total. The SMILES string of the molecule is CCNC(=O)c1ccc(N2C(=O)[C@H]3C4c5ccccc5C(c5ccccc54)[C@@H]3C2=O)cc1. The van der Waals surface area contributed by atoms with E-state index in [0.29, 0.717) is 17.8 Å². The molecule has 5 nitrogen and oxygen atoms in total. The molecule has 7 rings (SSSR count). The van der Waals surface area contributed by atoms with Crippen molar-refractivity contribution in [2.45, 2.75) is 18.8 Å². The highest BCUT2D eigenvalue weighted by molar-refractivity contribution is 6.23. The van der Waals surface area contributed by atoms with E-state index >= 15 is 0 Å². The van der Waals surface area contributed by atoms with Crippen LogP contribution in [0, 0.1) is 11.8 Å². The van der Waals surface area contributed by atoms with Gasteiger partial charge in [0, 0.05) is 23.9 Å². The first-order valence-corrected chi connectivity index (χ1v) is 11.1. The van der Waals surface area contributed by atoms with Crippen LogP contribution >= 0.6 is 0 Å². The molecular formula is C27H22N2O3. The molecule has 32 heavy (non-hydrogen) atoms. The van der Waals surface area contributed by atoms with Gasteiger partial charge in [-0.15, -0.1) is 0 Å². The maximum atomic E-state index is 13.7. The zero-order valence-corrected chi connectivity index (χ0v) is 17.6. The van der Waals surface area contributed by atoms with Crippen molar-refractivity contribution in [2.24, 2.45) is 11.8 Å². The Labute approximate surface area is 186 Å². The van der Waals surface area contributed by atoms with Crippen LogP contribution in [-0.2, 0) is 9.59 Å². The molecule has 0 unspecified atom stereocenters. The van der Waals surface area contributed by atoms with Gasteiger partial charge in [-0.1, -0.05) is 48.5 Å². The summed E-state index contributed by atoms with van der Waals surface area (Å²) in [6.07, 6.45) is 0. The second-order valence-corrected chi connectivity index (χ2v) is 8.68. The van der Waals surface area contributed by atoms with Crippen molar-refractivity contribution in [2.75, 3.05) is 11.4 Å². The average molecular weight is 422 g/mol. The molecule has 0 saturated carbocycles. The number of rotatable bonds is 3. The third kappa shape index (κ3) is 2.42. The lowest BCUT2D eigenvalue weighted by molar-refractivity contribution is -0.122. The van der Waals surface area contributed by atoms with Crippen LogP contribution in [0.4, 0.5) is 5.69 Å². The van der Waals surface area contributed by atoms with Gasteiger partial charge in [-0.05, 0) is 53.4 Å². The van der Waals surface area contributed by atoms with E-state index in [1.54, 1.807) is 24.3 Å². The number of carbonyl (C=O) groups excluding carboxylic acids is 3. The maximum Gasteiger partial charge on any atom is 0.251 e. The topological polar surface area (TPSA) is 66.5 Å². The molecule has 4 aliphatic rings. The van der Waals surface area contributed by atoms with Crippen molar-refractivity contribution in [1.82, 2.24) is 5.32 Å². The minimum atomic E-state index is -0.402. The first-order chi connectivity index (χ1) is 15.6. The van der Waals surface area contributed by atoms with Crippen molar-refractivity contribution >= 4 is 23.4 Å². The van der Waals surface area contributed by atoms with Crippen LogP contribution in [0.1, 0.15) is 51.4 Å². The second kappa shape index (κ2) is 6.89. The summed E-state index contributed by atoms with van der Waals surface area (Å²) < 4.78 is 0. The zero-order valence-electron chi connectivity index (χ0n) is 17.6. The van der Waals surface area contributed by atoms with Crippen LogP contribution < -0.4 is 10.2 Å². The number of amides is 3. The van der Waals surface area contributed by atoms with Crippen molar-refractivity contribution in [3.8, 4) is 0 Å². The van der Waals surface area contributed by atoms with Gasteiger partial charge in [-0.25, -0.2) is 4.90 Å². The van der Waals surface area contributed by atoms with Gasteiger partial charge >= 0.3 is 0 Å². The van der Waals surface area contributed by atoms with Gasteiger partial charge < -0.3 is 5.32 Å². The minimum absolute atomic E-state index is 0.117. The van der Waals surface area contributed by atoms with Gasteiger partial charge in [-0.2, -0.15) is 0 Å². The molecule has 0 spiro atoms. The summed E-state index contributed by atoms with van der Waals surface area (Å²) >= 11 is 0. The van der Waals surface area contributed by atoms with Crippen LogP contribution in [0.25, 0.3) is 0 Å². The molecule has 3 aromatic rings. The molecule has 0 radical (unpaired) electrons. The fourth-order valence-corrected chi connectivity index (χ4v) is 5.96. The first kappa shape index (κ1) is 19.0. The van der Waals surface area contributed by atoms with Crippen molar-refractivity contribution < 1.29 is 14.4 Å². The van der Waals surface area contributed by atoms with Gasteiger partial charge in [0.05, 0.1) is 17.5 Å². The van der Waals surface area contributed by atoms with Crippen LogP contribution in [0.15, 0.2) is 72.8 Å². The highest BCUT2D eigenvalue weighted by Gasteiger charge is 2.61. The minimum Gasteiger partial charge on any atom is -0.352 e. The summed E-state index contributed by atoms with van der Waals surface area (Å²) in [6.45, 7) is 2.40. The molecule has 3 aromatic carbocycles. The van der Waals surface area contributed by atoms with Crippen LogP contribution in [0.2, 0.25) is 0 Å². The molecule has 1 heterocycles. The molecule has 5 heteroatoms. The maximum absolute atomic E-state index is 13.7. The van der Waals surface area contributed by atoms with E-state index in [-0.39, 0.29) is 29.6 Å². The Morgan fingerprint density at radius 3 is 1.59 bits per heavy atom. The summed E-state index contributed by atoms with van der Waals surface area (Å²) in [5.41, 5.74) is 5.67. The smallest absolute Gasteiger partial charge is 0.251 e. The van der Waals surface area contributed by atoms with Crippen molar-refractivity contribution in [3.05, 3.63) is 101 Å². The summed E-state index contributed by atoms with van der Waals surface area (Å²) in [6, 6.07) is 23.2. The Bertz CT molecular complexity index is 1160. The highest BCUT2D eigenvalue weighted by Crippen LogP contribution is 2.61. The Balaban J connectivity index is 1.44. The third-order valence-electron chi connectivity index (χ3n) is 7.17. The van der Waals surface area contributed by atoms with Gasteiger partial charge in [-0.3, -0.25) is 14.4 Å². The quantitative estimate of drug-likeness (QED) is 0.653. The van der Waals surface area contributed by atoms with Gasteiger partial charge in [0.25, 0.3) is 5.91 Å². The second-order valence-electron chi connectivity index (χ2n) is 8.68. The Kier molecular flexibility index (Phi) is 4.09. The lowest BCUT2D eigenvalue weighted by atomic mass is 9.55. The number of nitrogens with one attached hydrogen (secondary N) is 1. The van der Waals surface area contributed by atoms with Crippen LogP contribution in [0.5, 0.6) is 0 Å². The fourth-order valence-electron chi connectivity index (χ4n) is 5.96. The molecule has 1 saturated heterocycles. The Morgan fingerprint density at radius 1 is 0.750 bits per heavy atom. The number of carbonyl (C=O) groups is 3. The first-order valence-electron chi connectivity index (χ1n) is 11.1. The molecule has 1 fully saturated rings. The molecule has 1 aliphatic heterocycles. The van der Waals surface area contributed by atoms with E-state index in [1.807, 2.05) is 31.2 Å². The number of anilines is 1. The number of benzene rings is 3. The predicted octanol–water partition coefficient (Wildman–Crippen LogP) is 3.83. The van der Waals surface area contributed by atoms with E-state index in [2.05, 4.69) is 29.6 Å². The molecule has 0 aromatic heterocycles. The summed E-state index contributed by atoms with van der Waals surface area (Å²) in [7, 11) is 0. The zero-order chi connectivity index (χ0) is 22.0. The van der Waals surface area contributed by atoms with E-state index in [4.69, 9.17) is 0 Å². The Hall–Kier alpha value is -3.73. The number of hydrogen-bond acceptors (Lipinski definition) is 3. The van der Waals surface area contributed by atoms with Crippen LogP contribution in [0.3, 0.4) is 0 Å². The molecule has 158 valence electrons. The monoisotopic (exact) mass is 422 g/mol. The molecular weight excluding hydrogens is 400 g/mol. The van der Waals surface area contributed by atoms with E-state index in [1.165, 1.54) is 4.90 Å². The summed E-state index contributed by atoms with van der Waals surface area (Å²) in [5.74, 6) is -1.51. The molecule has 2 bridgehead atoms. The molecule has 3 amide bonds. The lowest BCUT2D eigenvalue weighted by Crippen LogP contribution is -2.41. The highest BCUT2D eigenvalue weighted by atomic mass is 16.2. The largest absolute Gasteiger partial charge is 0.352 e. The fraction of sp³-hybridized carbons (Fsp3) is 0.222. The third-order valence-corrected chi connectivity index (χ3v) is 7.17. The van der Waals surface area contributed by atoms with Gasteiger partial charge in [0.15, 0.2) is 0 Å². The van der Waals surface area contributed by atoms with E-state index in [0.717, 1.165) is 22.3 Å². The summed E-state index contributed by atoms with van der Waals surface area (Å²) in [5, 5.41) is 2.76.